The molecule has 1 aromatic rings. The molecule has 0 radical (unpaired) electrons. The van der Waals surface area contributed by atoms with Crippen molar-refractivity contribution in [1.82, 2.24) is 10.2 Å². The fourth-order valence-corrected chi connectivity index (χ4v) is 2.85. The van der Waals surface area contributed by atoms with Crippen LogP contribution in [0.15, 0.2) is 35.0 Å². The van der Waals surface area contributed by atoms with Crippen molar-refractivity contribution in [2.75, 3.05) is 0 Å². The third-order valence-electron chi connectivity index (χ3n) is 4.14. The summed E-state index contributed by atoms with van der Waals surface area (Å²) < 4.78 is 5.46. The number of urea groups is 1. The molecule has 1 fully saturated rings. The second-order valence-electron chi connectivity index (χ2n) is 5.76. The van der Waals surface area contributed by atoms with Gasteiger partial charge in [0.25, 0.3) is 0 Å². The Bertz CT molecular complexity index is 477. The lowest BCUT2D eigenvalue weighted by molar-refractivity contribution is 0.162. The molecule has 4 nitrogen and oxygen atoms in total. The quantitative estimate of drug-likeness (QED) is 0.852. The monoisotopic (exact) mass is 274 g/mol. The van der Waals surface area contributed by atoms with E-state index in [-0.39, 0.29) is 18.1 Å². The van der Waals surface area contributed by atoms with E-state index in [1.807, 2.05) is 24.0 Å². The van der Waals surface area contributed by atoms with Crippen molar-refractivity contribution >= 4 is 6.03 Å². The minimum absolute atomic E-state index is 0.00312. The van der Waals surface area contributed by atoms with E-state index in [0.717, 1.165) is 37.9 Å². The number of furan rings is 1. The van der Waals surface area contributed by atoms with Gasteiger partial charge in [0, 0.05) is 12.1 Å². The lowest BCUT2D eigenvalue weighted by atomic mass is 10.0. The fourth-order valence-electron chi connectivity index (χ4n) is 2.85. The van der Waals surface area contributed by atoms with Gasteiger partial charge in [-0.05, 0) is 51.2 Å². The predicted octanol–water partition coefficient (Wildman–Crippen LogP) is 3.62. The summed E-state index contributed by atoms with van der Waals surface area (Å²) in [6.07, 6.45) is 11.3. The van der Waals surface area contributed by atoms with Gasteiger partial charge in [0.05, 0.1) is 12.3 Å². The molecule has 2 aliphatic rings. The molecular weight excluding hydrogens is 252 g/mol. The van der Waals surface area contributed by atoms with Gasteiger partial charge in [-0.1, -0.05) is 12.2 Å². The van der Waals surface area contributed by atoms with Gasteiger partial charge in [0.1, 0.15) is 5.76 Å². The van der Waals surface area contributed by atoms with Crippen LogP contribution in [0.25, 0.3) is 0 Å². The Hall–Kier alpha value is -1.71. The molecular formula is C16H22N2O2. The van der Waals surface area contributed by atoms with Crippen molar-refractivity contribution < 1.29 is 9.21 Å². The van der Waals surface area contributed by atoms with Crippen LogP contribution in [0.4, 0.5) is 4.79 Å². The highest BCUT2D eigenvalue weighted by molar-refractivity contribution is 5.75. The third kappa shape index (κ3) is 2.89. The molecule has 108 valence electrons. The number of allylic oxidation sites excluding steroid dienone is 1. The van der Waals surface area contributed by atoms with Gasteiger partial charge in [-0.25, -0.2) is 4.79 Å². The van der Waals surface area contributed by atoms with Crippen molar-refractivity contribution in [3.05, 3.63) is 36.3 Å². The number of hydrogen-bond acceptors (Lipinski definition) is 2. The number of rotatable bonds is 4. The summed E-state index contributed by atoms with van der Waals surface area (Å²) in [5, 5.41) is 3.18. The lowest BCUT2D eigenvalue weighted by Crippen LogP contribution is -2.47. The third-order valence-corrected chi connectivity index (χ3v) is 4.14. The molecule has 4 heteroatoms. The molecule has 1 aromatic heterocycles. The van der Waals surface area contributed by atoms with Crippen LogP contribution in [-0.2, 0) is 0 Å². The van der Waals surface area contributed by atoms with Crippen LogP contribution in [0.2, 0.25) is 0 Å². The van der Waals surface area contributed by atoms with E-state index in [0.29, 0.717) is 6.04 Å². The van der Waals surface area contributed by atoms with Crippen molar-refractivity contribution in [1.29, 1.82) is 0 Å². The number of nitrogens with zero attached hydrogens (tertiary/aromatic N) is 1. The number of nitrogens with one attached hydrogen (secondary N) is 1. The van der Waals surface area contributed by atoms with Crippen molar-refractivity contribution in [3.8, 4) is 0 Å². The topological polar surface area (TPSA) is 45.5 Å². The molecule has 2 atom stereocenters. The predicted molar refractivity (Wildman–Crippen MR) is 77.3 cm³/mol. The van der Waals surface area contributed by atoms with Crippen LogP contribution in [0, 0.1) is 0 Å². The number of amides is 2. The van der Waals surface area contributed by atoms with E-state index < -0.39 is 0 Å². The fraction of sp³-hybridized carbons (Fsp3) is 0.562. The van der Waals surface area contributed by atoms with Gasteiger partial charge in [0.15, 0.2) is 0 Å². The van der Waals surface area contributed by atoms with Crippen molar-refractivity contribution in [3.63, 3.8) is 0 Å². The highest BCUT2D eigenvalue weighted by Gasteiger charge is 2.37. The van der Waals surface area contributed by atoms with Crippen molar-refractivity contribution in [2.24, 2.45) is 0 Å². The van der Waals surface area contributed by atoms with E-state index in [1.54, 1.807) is 6.26 Å². The van der Waals surface area contributed by atoms with Gasteiger partial charge < -0.3 is 14.6 Å². The Labute approximate surface area is 119 Å². The summed E-state index contributed by atoms with van der Waals surface area (Å²) >= 11 is 0. The summed E-state index contributed by atoms with van der Waals surface area (Å²) in [4.78, 5) is 14.5. The molecule has 0 aliphatic heterocycles. The molecule has 0 bridgehead atoms. The standard InChI is InChI=1S/C16H22N2O2/c1-12(15-8-5-11-20-15)18(14-9-10-14)16(19)17-13-6-3-2-4-7-13/h2-3,5,8,11-14H,4,6-7,9-10H2,1H3,(H,17,19)/t12-,13+/m0/s1. The van der Waals surface area contributed by atoms with Crippen molar-refractivity contribution in [2.45, 2.75) is 57.2 Å². The first-order chi connectivity index (χ1) is 9.75. The Morgan fingerprint density at radius 3 is 2.85 bits per heavy atom. The minimum Gasteiger partial charge on any atom is -0.467 e. The molecule has 2 aliphatic carbocycles. The van der Waals surface area contributed by atoms with E-state index in [9.17, 15) is 4.79 Å². The summed E-state index contributed by atoms with van der Waals surface area (Å²) in [5.41, 5.74) is 0. The summed E-state index contributed by atoms with van der Waals surface area (Å²) in [5.74, 6) is 0.857. The molecule has 20 heavy (non-hydrogen) atoms. The highest BCUT2D eigenvalue weighted by Crippen LogP contribution is 2.34. The Morgan fingerprint density at radius 1 is 1.40 bits per heavy atom. The molecule has 1 N–H and O–H groups in total. The first-order valence-corrected chi connectivity index (χ1v) is 7.53. The maximum atomic E-state index is 12.6. The molecule has 0 unspecified atom stereocenters. The molecule has 0 aromatic carbocycles. The van der Waals surface area contributed by atoms with E-state index in [2.05, 4.69) is 17.5 Å². The molecule has 3 rings (SSSR count). The van der Waals surface area contributed by atoms with Gasteiger partial charge in [-0.15, -0.1) is 0 Å². The number of carbonyl (C=O) groups is 1. The van der Waals surface area contributed by atoms with E-state index in [1.165, 1.54) is 0 Å². The molecule has 0 saturated heterocycles. The average Bonchev–Trinajstić information content (AvgIpc) is 3.12. The smallest absolute Gasteiger partial charge is 0.318 e. The Kier molecular flexibility index (Phi) is 3.81. The van der Waals surface area contributed by atoms with Crippen LogP contribution >= 0.6 is 0 Å². The minimum atomic E-state index is -0.00312. The summed E-state index contributed by atoms with van der Waals surface area (Å²) in [6, 6.07) is 4.51. The van der Waals surface area contributed by atoms with Crippen LogP contribution in [-0.4, -0.2) is 23.0 Å². The maximum absolute atomic E-state index is 12.6. The van der Waals surface area contributed by atoms with Gasteiger partial charge in [0.2, 0.25) is 0 Å². The number of hydrogen-bond donors (Lipinski definition) is 1. The van der Waals surface area contributed by atoms with E-state index in [4.69, 9.17) is 4.42 Å². The first-order valence-electron chi connectivity index (χ1n) is 7.53. The van der Waals surface area contributed by atoms with Gasteiger partial charge in [-0.3, -0.25) is 0 Å². The van der Waals surface area contributed by atoms with Crippen LogP contribution in [0.1, 0.15) is 50.8 Å². The SMILES string of the molecule is C[C@@H](c1ccco1)N(C(=O)N[C@@H]1CC=CCC1)C1CC1. The zero-order valence-electron chi connectivity index (χ0n) is 11.9. The molecule has 1 heterocycles. The molecule has 1 saturated carbocycles. The van der Waals surface area contributed by atoms with Crippen LogP contribution < -0.4 is 5.32 Å². The largest absolute Gasteiger partial charge is 0.467 e. The Morgan fingerprint density at radius 2 is 2.25 bits per heavy atom. The Balaban J connectivity index is 1.67. The van der Waals surface area contributed by atoms with E-state index >= 15 is 0 Å². The lowest BCUT2D eigenvalue weighted by Gasteiger charge is -2.30. The van der Waals surface area contributed by atoms with Gasteiger partial charge in [-0.2, -0.15) is 0 Å². The van der Waals surface area contributed by atoms with Gasteiger partial charge >= 0.3 is 6.03 Å². The summed E-state index contributed by atoms with van der Waals surface area (Å²) in [6.45, 7) is 2.04. The normalized spacial score (nSPS) is 23.4. The first kappa shape index (κ1) is 13.3. The summed E-state index contributed by atoms with van der Waals surface area (Å²) in [7, 11) is 0. The van der Waals surface area contributed by atoms with Crippen LogP contribution in [0.5, 0.6) is 0 Å². The molecule has 0 spiro atoms. The van der Waals surface area contributed by atoms with Crippen LogP contribution in [0.3, 0.4) is 0 Å². The zero-order valence-corrected chi connectivity index (χ0v) is 11.9. The second kappa shape index (κ2) is 5.73. The second-order valence-corrected chi connectivity index (χ2v) is 5.76. The number of carbonyl (C=O) groups excluding carboxylic acids is 1. The zero-order chi connectivity index (χ0) is 13.9. The maximum Gasteiger partial charge on any atom is 0.318 e. The average molecular weight is 274 g/mol. The molecule has 2 amide bonds. The highest BCUT2D eigenvalue weighted by atomic mass is 16.3.